The maximum Gasteiger partial charge on any atom is 0.0101 e. The Bertz CT molecular complexity index is 258. The molecule has 3 fully saturated rings. The summed E-state index contributed by atoms with van der Waals surface area (Å²) in [6.45, 7) is 4.89. The molecule has 1 N–H and O–H groups in total. The number of rotatable bonds is 2. The van der Waals surface area contributed by atoms with Gasteiger partial charge in [-0.05, 0) is 55.8 Å². The molecule has 0 aromatic carbocycles. The van der Waals surface area contributed by atoms with Gasteiger partial charge in [-0.2, -0.15) is 0 Å². The summed E-state index contributed by atoms with van der Waals surface area (Å²) in [7, 11) is 0. The van der Waals surface area contributed by atoms with Gasteiger partial charge in [0, 0.05) is 12.1 Å². The Morgan fingerprint density at radius 2 is 1.94 bits per heavy atom. The molecule has 4 unspecified atom stereocenters. The van der Waals surface area contributed by atoms with Crippen molar-refractivity contribution in [2.24, 2.45) is 17.3 Å². The molecule has 3 aliphatic carbocycles. The largest absolute Gasteiger partial charge is 0.311 e. The van der Waals surface area contributed by atoms with Gasteiger partial charge in [0.15, 0.2) is 0 Å². The number of nitrogens with one attached hydrogen (secondary N) is 1. The van der Waals surface area contributed by atoms with Gasteiger partial charge in [-0.25, -0.2) is 0 Å². The summed E-state index contributed by atoms with van der Waals surface area (Å²) in [6.07, 6.45) is 11.8. The molecular weight excluding hydrogens is 194 g/mol. The third-order valence-electron chi connectivity index (χ3n) is 5.39. The molecule has 0 aromatic rings. The molecule has 0 spiro atoms. The summed E-state index contributed by atoms with van der Waals surface area (Å²) >= 11 is 0. The van der Waals surface area contributed by atoms with Crippen molar-refractivity contribution >= 4 is 0 Å². The number of fused-ring (bicyclic) bond motifs is 2. The van der Waals surface area contributed by atoms with Crippen LogP contribution >= 0.6 is 0 Å². The van der Waals surface area contributed by atoms with E-state index in [1.165, 1.54) is 51.4 Å². The van der Waals surface area contributed by atoms with Crippen LogP contribution in [0.3, 0.4) is 0 Å². The van der Waals surface area contributed by atoms with Crippen molar-refractivity contribution in [3.8, 4) is 0 Å². The van der Waals surface area contributed by atoms with E-state index in [1.54, 1.807) is 0 Å². The molecule has 1 nitrogen and oxygen atoms in total. The standard InChI is InChI=1S/C15H27N/c1-15(2)7-3-4-13(10-15)16-14-9-11-5-6-12(14)8-11/h11-14,16H,3-10H2,1-2H3. The molecule has 2 bridgehead atoms. The van der Waals surface area contributed by atoms with E-state index in [4.69, 9.17) is 0 Å². The minimum atomic E-state index is 0.591. The maximum absolute atomic E-state index is 4.00. The molecule has 92 valence electrons. The molecule has 0 saturated heterocycles. The molecule has 1 heteroatoms. The lowest BCUT2D eigenvalue weighted by atomic mass is 9.75. The minimum absolute atomic E-state index is 0.591. The highest BCUT2D eigenvalue weighted by molar-refractivity contribution is 4.96. The summed E-state index contributed by atoms with van der Waals surface area (Å²) < 4.78 is 0. The van der Waals surface area contributed by atoms with Crippen LogP contribution in [0.2, 0.25) is 0 Å². The SMILES string of the molecule is CC1(C)CCCC(NC2CC3CCC2C3)C1. The Balaban J connectivity index is 1.55. The topological polar surface area (TPSA) is 12.0 Å². The molecule has 0 aliphatic heterocycles. The average molecular weight is 221 g/mol. The highest BCUT2D eigenvalue weighted by Crippen LogP contribution is 2.45. The molecule has 3 saturated carbocycles. The second-order valence-corrected chi connectivity index (χ2v) is 7.41. The first kappa shape index (κ1) is 11.1. The van der Waals surface area contributed by atoms with Gasteiger partial charge in [0.05, 0.1) is 0 Å². The fourth-order valence-electron chi connectivity index (χ4n) is 4.59. The van der Waals surface area contributed by atoms with Crippen molar-refractivity contribution in [1.29, 1.82) is 0 Å². The van der Waals surface area contributed by atoms with E-state index < -0.39 is 0 Å². The highest BCUT2D eigenvalue weighted by atomic mass is 15.0. The average Bonchev–Trinajstić information content (AvgIpc) is 2.77. The van der Waals surface area contributed by atoms with Crippen molar-refractivity contribution in [3.63, 3.8) is 0 Å². The fourth-order valence-corrected chi connectivity index (χ4v) is 4.59. The van der Waals surface area contributed by atoms with Gasteiger partial charge < -0.3 is 5.32 Å². The molecule has 3 aliphatic rings. The van der Waals surface area contributed by atoms with Crippen molar-refractivity contribution in [2.45, 2.75) is 77.3 Å². The van der Waals surface area contributed by atoms with Crippen LogP contribution in [-0.2, 0) is 0 Å². The summed E-state index contributed by atoms with van der Waals surface area (Å²) in [6, 6.07) is 1.71. The second-order valence-electron chi connectivity index (χ2n) is 7.41. The van der Waals surface area contributed by atoms with Gasteiger partial charge in [-0.15, -0.1) is 0 Å². The first-order valence-electron chi connectivity index (χ1n) is 7.38. The van der Waals surface area contributed by atoms with Crippen LogP contribution in [0.5, 0.6) is 0 Å². The van der Waals surface area contributed by atoms with E-state index in [0.717, 1.165) is 23.9 Å². The zero-order chi connectivity index (χ0) is 11.2. The lowest BCUT2D eigenvalue weighted by Gasteiger charge is -2.38. The molecule has 0 amide bonds. The Hall–Kier alpha value is -0.0400. The van der Waals surface area contributed by atoms with Crippen LogP contribution in [-0.4, -0.2) is 12.1 Å². The van der Waals surface area contributed by atoms with E-state index in [1.807, 2.05) is 0 Å². The van der Waals surface area contributed by atoms with E-state index in [-0.39, 0.29) is 0 Å². The van der Waals surface area contributed by atoms with Crippen LogP contribution in [0.1, 0.15) is 65.2 Å². The first-order valence-corrected chi connectivity index (χ1v) is 7.38. The van der Waals surface area contributed by atoms with Crippen LogP contribution in [0.4, 0.5) is 0 Å². The molecule has 16 heavy (non-hydrogen) atoms. The highest BCUT2D eigenvalue weighted by Gasteiger charge is 2.40. The first-order chi connectivity index (χ1) is 7.62. The lowest BCUT2D eigenvalue weighted by molar-refractivity contribution is 0.177. The van der Waals surface area contributed by atoms with Gasteiger partial charge in [-0.3, -0.25) is 0 Å². The molecule has 0 aromatic heterocycles. The van der Waals surface area contributed by atoms with E-state index in [0.29, 0.717) is 5.41 Å². The zero-order valence-electron chi connectivity index (χ0n) is 11.0. The van der Waals surface area contributed by atoms with Gasteiger partial charge in [0.2, 0.25) is 0 Å². The summed E-state index contributed by atoms with van der Waals surface area (Å²) in [4.78, 5) is 0. The van der Waals surface area contributed by atoms with Crippen LogP contribution in [0.15, 0.2) is 0 Å². The van der Waals surface area contributed by atoms with Gasteiger partial charge in [0.1, 0.15) is 0 Å². The molecule has 0 heterocycles. The second kappa shape index (κ2) is 4.01. The van der Waals surface area contributed by atoms with Crippen molar-refractivity contribution < 1.29 is 0 Å². The predicted molar refractivity (Wildman–Crippen MR) is 68.4 cm³/mol. The molecule has 3 rings (SSSR count). The van der Waals surface area contributed by atoms with Crippen molar-refractivity contribution in [1.82, 2.24) is 5.32 Å². The normalized spacial score (nSPS) is 46.1. The summed E-state index contributed by atoms with van der Waals surface area (Å²) in [5.41, 5.74) is 0.591. The Kier molecular flexibility index (Phi) is 2.78. The fraction of sp³-hybridized carbons (Fsp3) is 1.00. The van der Waals surface area contributed by atoms with Crippen molar-refractivity contribution in [2.75, 3.05) is 0 Å². The quantitative estimate of drug-likeness (QED) is 0.749. The van der Waals surface area contributed by atoms with Crippen LogP contribution in [0, 0.1) is 17.3 Å². The summed E-state index contributed by atoms with van der Waals surface area (Å²) in [5, 5.41) is 4.00. The Labute approximate surface area is 100 Å². The third-order valence-corrected chi connectivity index (χ3v) is 5.39. The van der Waals surface area contributed by atoms with Gasteiger partial charge in [0.25, 0.3) is 0 Å². The lowest BCUT2D eigenvalue weighted by Crippen LogP contribution is -2.45. The Morgan fingerprint density at radius 1 is 1.06 bits per heavy atom. The molecule has 4 atom stereocenters. The van der Waals surface area contributed by atoms with Crippen molar-refractivity contribution in [3.05, 3.63) is 0 Å². The predicted octanol–water partition coefficient (Wildman–Crippen LogP) is 3.73. The Morgan fingerprint density at radius 3 is 2.56 bits per heavy atom. The maximum atomic E-state index is 4.00. The van der Waals surface area contributed by atoms with E-state index >= 15 is 0 Å². The smallest absolute Gasteiger partial charge is 0.0101 e. The minimum Gasteiger partial charge on any atom is -0.311 e. The van der Waals surface area contributed by atoms with Crippen LogP contribution in [0.25, 0.3) is 0 Å². The van der Waals surface area contributed by atoms with E-state index in [2.05, 4.69) is 19.2 Å². The van der Waals surface area contributed by atoms with Crippen LogP contribution < -0.4 is 5.32 Å². The molecular formula is C15H27N. The van der Waals surface area contributed by atoms with Gasteiger partial charge >= 0.3 is 0 Å². The molecule has 0 radical (unpaired) electrons. The number of hydrogen-bond donors (Lipinski definition) is 1. The zero-order valence-corrected chi connectivity index (χ0v) is 11.0. The number of hydrogen-bond acceptors (Lipinski definition) is 1. The van der Waals surface area contributed by atoms with E-state index in [9.17, 15) is 0 Å². The monoisotopic (exact) mass is 221 g/mol. The van der Waals surface area contributed by atoms with Gasteiger partial charge in [-0.1, -0.05) is 26.7 Å². The summed E-state index contributed by atoms with van der Waals surface area (Å²) in [5.74, 6) is 2.12. The third kappa shape index (κ3) is 2.16.